The van der Waals surface area contributed by atoms with E-state index in [1.54, 1.807) is 5.48 Å². The molecule has 1 aromatic rings. The molecule has 38 heavy (non-hydrogen) atoms. The molecule has 0 unspecified atom stereocenters. The number of hydrogen-bond donors (Lipinski definition) is 2. The molecule has 1 aromatic heterocycles. The van der Waals surface area contributed by atoms with E-state index in [0.29, 0.717) is 24.7 Å². The maximum atomic E-state index is 12.6. The van der Waals surface area contributed by atoms with Gasteiger partial charge in [0.15, 0.2) is 0 Å². The maximum absolute atomic E-state index is 12.6. The number of hydroxylamine groups is 1. The van der Waals surface area contributed by atoms with Gasteiger partial charge in [0.25, 0.3) is 0 Å². The van der Waals surface area contributed by atoms with Crippen molar-refractivity contribution in [1.29, 1.82) is 0 Å². The number of rotatable bonds is 14. The lowest BCUT2D eigenvalue weighted by molar-refractivity contribution is -0.133. The number of amides is 2. The minimum atomic E-state index is -0.351. The summed E-state index contributed by atoms with van der Waals surface area (Å²) in [7, 11) is 0. The molecule has 3 atom stereocenters. The third-order valence-corrected chi connectivity index (χ3v) is 8.63. The SMILES string of the molecule is C=C[C@@]1(C)CC[C@H](C(=C)CN2CCN(C(=O)CCCCCCC(=O)NO)CC2)C[C@@H]1C(=C)Cn1cccn1. The van der Waals surface area contributed by atoms with E-state index in [4.69, 9.17) is 5.21 Å². The number of nitrogens with one attached hydrogen (secondary N) is 1. The molecule has 0 radical (unpaired) electrons. The molecular formula is C30H47N5O3. The van der Waals surface area contributed by atoms with Gasteiger partial charge in [-0.1, -0.05) is 50.1 Å². The van der Waals surface area contributed by atoms with Crippen molar-refractivity contribution in [1.82, 2.24) is 25.1 Å². The van der Waals surface area contributed by atoms with Crippen molar-refractivity contribution in [2.75, 3.05) is 32.7 Å². The zero-order valence-corrected chi connectivity index (χ0v) is 23.2. The third-order valence-electron chi connectivity index (χ3n) is 8.63. The van der Waals surface area contributed by atoms with Gasteiger partial charge in [-0.15, -0.1) is 6.58 Å². The van der Waals surface area contributed by atoms with E-state index < -0.39 is 0 Å². The molecule has 2 aliphatic rings. The van der Waals surface area contributed by atoms with E-state index in [-0.39, 0.29) is 17.2 Å². The van der Waals surface area contributed by atoms with Crippen LogP contribution in [0.5, 0.6) is 0 Å². The largest absolute Gasteiger partial charge is 0.340 e. The first-order valence-electron chi connectivity index (χ1n) is 14.1. The number of carbonyl (C=O) groups excluding carboxylic acids is 2. The fraction of sp³-hybridized carbons (Fsp3) is 0.633. The minimum absolute atomic E-state index is 0.0427. The fourth-order valence-corrected chi connectivity index (χ4v) is 5.99. The van der Waals surface area contributed by atoms with Crippen LogP contribution in [0, 0.1) is 17.3 Å². The summed E-state index contributed by atoms with van der Waals surface area (Å²) in [5.74, 6) is 0.689. The first-order chi connectivity index (χ1) is 18.3. The highest BCUT2D eigenvalue weighted by Gasteiger charge is 2.40. The molecule has 1 aliphatic carbocycles. The zero-order valence-electron chi connectivity index (χ0n) is 23.2. The minimum Gasteiger partial charge on any atom is -0.340 e. The highest BCUT2D eigenvalue weighted by atomic mass is 16.5. The van der Waals surface area contributed by atoms with E-state index in [1.165, 1.54) is 11.1 Å². The van der Waals surface area contributed by atoms with Crippen LogP contribution in [0.2, 0.25) is 0 Å². The average Bonchev–Trinajstić information content (AvgIpc) is 3.43. The van der Waals surface area contributed by atoms with Crippen LogP contribution in [0.3, 0.4) is 0 Å². The summed E-state index contributed by atoms with van der Waals surface area (Å²) in [4.78, 5) is 28.1. The van der Waals surface area contributed by atoms with Crippen LogP contribution in [0.4, 0.5) is 0 Å². The molecule has 0 aromatic carbocycles. The lowest BCUT2D eigenvalue weighted by Gasteiger charge is -2.45. The maximum Gasteiger partial charge on any atom is 0.243 e. The molecule has 1 saturated carbocycles. The molecule has 0 bridgehead atoms. The van der Waals surface area contributed by atoms with Gasteiger partial charge in [0.2, 0.25) is 11.8 Å². The monoisotopic (exact) mass is 525 g/mol. The molecule has 0 spiro atoms. The fourth-order valence-electron chi connectivity index (χ4n) is 5.99. The first kappa shape index (κ1) is 29.8. The molecule has 1 aliphatic heterocycles. The second-order valence-electron chi connectivity index (χ2n) is 11.4. The Morgan fingerprint density at radius 2 is 1.79 bits per heavy atom. The Bertz CT molecular complexity index is 951. The molecule has 8 nitrogen and oxygen atoms in total. The highest BCUT2D eigenvalue weighted by Crippen LogP contribution is 2.49. The van der Waals surface area contributed by atoms with E-state index in [1.807, 2.05) is 28.0 Å². The Morgan fingerprint density at radius 3 is 2.42 bits per heavy atom. The van der Waals surface area contributed by atoms with Crippen LogP contribution < -0.4 is 5.48 Å². The first-order valence-corrected chi connectivity index (χ1v) is 14.1. The van der Waals surface area contributed by atoms with Crippen molar-refractivity contribution in [3.8, 4) is 0 Å². The summed E-state index contributed by atoms with van der Waals surface area (Å²) in [5, 5.41) is 12.9. The molecule has 2 heterocycles. The zero-order chi connectivity index (χ0) is 27.5. The van der Waals surface area contributed by atoms with Crippen LogP contribution in [-0.2, 0) is 16.1 Å². The number of unbranched alkanes of at least 4 members (excludes halogenated alkanes) is 3. The number of piperazine rings is 1. The normalized spacial score (nSPS) is 24.1. The number of aromatic nitrogens is 2. The van der Waals surface area contributed by atoms with E-state index in [2.05, 4.69) is 42.7 Å². The molecular weight excluding hydrogens is 478 g/mol. The number of carbonyl (C=O) groups is 2. The van der Waals surface area contributed by atoms with Gasteiger partial charge >= 0.3 is 0 Å². The summed E-state index contributed by atoms with van der Waals surface area (Å²) in [5.41, 5.74) is 4.19. The Morgan fingerprint density at radius 1 is 1.08 bits per heavy atom. The summed E-state index contributed by atoms with van der Waals surface area (Å²) in [6, 6.07) is 1.95. The van der Waals surface area contributed by atoms with Gasteiger partial charge in [0, 0.05) is 58.0 Å². The van der Waals surface area contributed by atoms with E-state index >= 15 is 0 Å². The summed E-state index contributed by atoms with van der Waals surface area (Å²) in [6.07, 6.45) is 13.4. The predicted octanol–water partition coefficient (Wildman–Crippen LogP) is 4.59. The van der Waals surface area contributed by atoms with Gasteiger partial charge in [-0.2, -0.15) is 5.10 Å². The molecule has 2 fully saturated rings. The Labute approximate surface area is 228 Å². The van der Waals surface area contributed by atoms with Crippen molar-refractivity contribution in [2.24, 2.45) is 17.3 Å². The third kappa shape index (κ3) is 8.40. The van der Waals surface area contributed by atoms with Crippen molar-refractivity contribution < 1.29 is 14.8 Å². The lowest BCUT2D eigenvalue weighted by atomic mass is 9.61. The van der Waals surface area contributed by atoms with Gasteiger partial charge in [-0.25, -0.2) is 5.48 Å². The van der Waals surface area contributed by atoms with Crippen LogP contribution >= 0.6 is 0 Å². The van der Waals surface area contributed by atoms with Gasteiger partial charge < -0.3 is 4.90 Å². The Balaban J connectivity index is 1.40. The molecule has 2 N–H and O–H groups in total. The van der Waals surface area contributed by atoms with Gasteiger partial charge in [-0.3, -0.25) is 24.4 Å². The number of nitrogens with zero attached hydrogens (tertiary/aromatic N) is 4. The van der Waals surface area contributed by atoms with Crippen molar-refractivity contribution in [2.45, 2.75) is 71.3 Å². The van der Waals surface area contributed by atoms with E-state index in [9.17, 15) is 9.59 Å². The lowest BCUT2D eigenvalue weighted by Crippen LogP contribution is -2.49. The molecule has 3 rings (SSSR count). The van der Waals surface area contributed by atoms with Crippen molar-refractivity contribution >= 4 is 11.8 Å². The smallest absolute Gasteiger partial charge is 0.243 e. The molecule has 1 saturated heterocycles. The number of hydrogen-bond acceptors (Lipinski definition) is 5. The Hall–Kier alpha value is -2.71. The molecule has 8 heteroatoms. The summed E-state index contributed by atoms with van der Waals surface area (Å²) < 4.78 is 1.95. The van der Waals surface area contributed by atoms with Crippen molar-refractivity contribution in [3.05, 3.63) is 55.4 Å². The van der Waals surface area contributed by atoms with E-state index in [0.717, 1.165) is 84.2 Å². The quantitative estimate of drug-likeness (QED) is 0.160. The van der Waals surface area contributed by atoms with Gasteiger partial charge in [-0.05, 0) is 55.4 Å². The van der Waals surface area contributed by atoms with Crippen LogP contribution in [-0.4, -0.2) is 69.3 Å². The highest BCUT2D eigenvalue weighted by molar-refractivity contribution is 5.76. The predicted molar refractivity (Wildman–Crippen MR) is 150 cm³/mol. The second-order valence-corrected chi connectivity index (χ2v) is 11.4. The van der Waals surface area contributed by atoms with Crippen molar-refractivity contribution in [3.63, 3.8) is 0 Å². The standard InChI is InChI=1S/C30H47N5O3/c1-5-30(4)14-13-26(21-27(30)25(3)23-35-16-10-15-31-35)24(2)22-33-17-19-34(20-18-33)29(37)12-9-7-6-8-11-28(36)32-38/h5,10,15-16,26-27,38H,1-3,6-9,11-14,17-23H2,4H3,(H,32,36)/t26-,27+,30-/m0/s1. The average molecular weight is 526 g/mol. The van der Waals surface area contributed by atoms with Crippen LogP contribution in [0.1, 0.15) is 64.7 Å². The molecule has 2 amide bonds. The second kappa shape index (κ2) is 14.4. The van der Waals surface area contributed by atoms with Gasteiger partial charge in [0.05, 0.1) is 6.54 Å². The summed E-state index contributed by atoms with van der Waals surface area (Å²) in [6.45, 7) is 20.4. The van der Waals surface area contributed by atoms with Gasteiger partial charge in [0.1, 0.15) is 0 Å². The van der Waals surface area contributed by atoms with Crippen LogP contribution in [0.25, 0.3) is 0 Å². The number of allylic oxidation sites excluding steroid dienone is 2. The molecule has 210 valence electrons. The van der Waals surface area contributed by atoms with Crippen LogP contribution in [0.15, 0.2) is 55.4 Å². The Kier molecular flexibility index (Phi) is 11.3. The summed E-state index contributed by atoms with van der Waals surface area (Å²) >= 11 is 0. The topological polar surface area (TPSA) is 90.7 Å².